The molecule has 0 aliphatic heterocycles. The van der Waals surface area contributed by atoms with Gasteiger partial charge in [0.25, 0.3) is 0 Å². The zero-order valence-electron chi connectivity index (χ0n) is 10.9. The second-order valence-corrected chi connectivity index (χ2v) is 4.66. The number of pyridine rings is 1. The monoisotopic (exact) mass is 293 g/mol. The van der Waals surface area contributed by atoms with Crippen molar-refractivity contribution >= 4 is 23.1 Å². The molecule has 0 unspecified atom stereocenters. The number of anilines is 1. The van der Waals surface area contributed by atoms with E-state index in [4.69, 9.17) is 22.1 Å². The number of aryl methyl sites for hydroxylation is 2. The van der Waals surface area contributed by atoms with E-state index >= 15 is 0 Å². The molecule has 0 radical (unpaired) electrons. The van der Waals surface area contributed by atoms with Gasteiger partial charge < -0.3 is 10.5 Å². The van der Waals surface area contributed by atoms with Crippen molar-refractivity contribution in [1.29, 1.82) is 0 Å². The summed E-state index contributed by atoms with van der Waals surface area (Å²) in [6.45, 7) is 3.72. The van der Waals surface area contributed by atoms with Gasteiger partial charge in [-0.25, -0.2) is 0 Å². The first-order chi connectivity index (χ1) is 9.38. The predicted molar refractivity (Wildman–Crippen MR) is 76.3 cm³/mol. The SMILES string of the molecule is Cc1cc(Oc2ccc([N+](=O)[O-])c(N)n2)cc(C)c1Cl. The van der Waals surface area contributed by atoms with Gasteiger partial charge in [0.15, 0.2) is 0 Å². The van der Waals surface area contributed by atoms with Crippen molar-refractivity contribution in [3.05, 3.63) is 50.5 Å². The summed E-state index contributed by atoms with van der Waals surface area (Å²) in [5.41, 5.74) is 7.00. The second kappa shape index (κ2) is 5.34. The van der Waals surface area contributed by atoms with Crippen molar-refractivity contribution in [3.8, 4) is 11.6 Å². The van der Waals surface area contributed by atoms with Crippen LogP contribution in [0.3, 0.4) is 0 Å². The van der Waals surface area contributed by atoms with Gasteiger partial charge in [0.1, 0.15) is 5.75 Å². The number of nitro groups is 1. The van der Waals surface area contributed by atoms with E-state index in [-0.39, 0.29) is 17.4 Å². The normalized spacial score (nSPS) is 10.3. The van der Waals surface area contributed by atoms with Gasteiger partial charge in [-0.15, -0.1) is 0 Å². The largest absolute Gasteiger partial charge is 0.439 e. The fourth-order valence-electron chi connectivity index (χ4n) is 1.75. The molecule has 1 aromatic carbocycles. The number of hydrogen-bond donors (Lipinski definition) is 1. The van der Waals surface area contributed by atoms with Crippen LogP contribution >= 0.6 is 11.6 Å². The smallest absolute Gasteiger partial charge is 0.311 e. The highest BCUT2D eigenvalue weighted by atomic mass is 35.5. The standard InChI is InChI=1S/C13H12ClN3O3/c1-7-5-9(6-8(2)12(7)14)20-11-4-3-10(17(18)19)13(15)16-11/h3-6H,1-2H3,(H2,15,16). The fourth-order valence-corrected chi connectivity index (χ4v) is 1.86. The van der Waals surface area contributed by atoms with Crippen molar-refractivity contribution in [2.45, 2.75) is 13.8 Å². The Labute approximate surface area is 120 Å². The minimum absolute atomic E-state index is 0.185. The number of nitrogens with zero attached hydrogens (tertiary/aromatic N) is 2. The molecule has 0 atom stereocenters. The molecule has 0 aliphatic rings. The number of nitrogen functional groups attached to an aromatic ring is 1. The van der Waals surface area contributed by atoms with Gasteiger partial charge in [-0.3, -0.25) is 10.1 Å². The number of nitrogens with two attached hydrogens (primary N) is 1. The summed E-state index contributed by atoms with van der Waals surface area (Å²) in [6, 6.07) is 6.17. The number of benzene rings is 1. The zero-order valence-corrected chi connectivity index (χ0v) is 11.6. The van der Waals surface area contributed by atoms with Crippen molar-refractivity contribution < 1.29 is 9.66 Å². The first-order valence-corrected chi connectivity index (χ1v) is 6.12. The van der Waals surface area contributed by atoms with Crippen LogP contribution in [0, 0.1) is 24.0 Å². The maximum absolute atomic E-state index is 10.6. The predicted octanol–water partition coefficient (Wildman–Crippen LogP) is 3.63. The lowest BCUT2D eigenvalue weighted by Crippen LogP contribution is -1.99. The molecule has 20 heavy (non-hydrogen) atoms. The van der Waals surface area contributed by atoms with E-state index in [0.29, 0.717) is 10.8 Å². The maximum Gasteiger partial charge on any atom is 0.311 e. The van der Waals surface area contributed by atoms with Crippen molar-refractivity contribution in [3.63, 3.8) is 0 Å². The van der Waals surface area contributed by atoms with Crippen molar-refractivity contribution in [2.24, 2.45) is 0 Å². The molecule has 2 N–H and O–H groups in total. The topological polar surface area (TPSA) is 91.3 Å². The Kier molecular flexibility index (Phi) is 3.76. The minimum Gasteiger partial charge on any atom is -0.439 e. The van der Waals surface area contributed by atoms with E-state index < -0.39 is 4.92 Å². The molecule has 0 amide bonds. The summed E-state index contributed by atoms with van der Waals surface area (Å²) in [5.74, 6) is 0.550. The Morgan fingerprint density at radius 2 is 1.90 bits per heavy atom. The van der Waals surface area contributed by atoms with E-state index in [1.165, 1.54) is 12.1 Å². The van der Waals surface area contributed by atoms with Crippen LogP contribution in [0.5, 0.6) is 11.6 Å². The van der Waals surface area contributed by atoms with Crippen LogP contribution in [0.1, 0.15) is 11.1 Å². The van der Waals surface area contributed by atoms with Gasteiger partial charge in [-0.05, 0) is 37.1 Å². The first-order valence-electron chi connectivity index (χ1n) is 5.74. The highest BCUT2D eigenvalue weighted by Gasteiger charge is 2.14. The Morgan fingerprint density at radius 3 is 2.40 bits per heavy atom. The Bertz CT molecular complexity index is 666. The summed E-state index contributed by atoms with van der Waals surface area (Å²) in [4.78, 5) is 13.9. The van der Waals surface area contributed by atoms with Gasteiger partial charge in [0.2, 0.25) is 11.7 Å². The van der Waals surface area contributed by atoms with E-state index in [1.807, 2.05) is 13.8 Å². The Morgan fingerprint density at radius 1 is 1.30 bits per heavy atom. The molecule has 1 aromatic heterocycles. The number of rotatable bonds is 3. The number of hydrogen-bond acceptors (Lipinski definition) is 5. The minimum atomic E-state index is -0.595. The molecule has 0 saturated carbocycles. The average molecular weight is 294 g/mol. The van der Waals surface area contributed by atoms with E-state index in [9.17, 15) is 10.1 Å². The van der Waals surface area contributed by atoms with Crippen LogP contribution in [0.25, 0.3) is 0 Å². The quantitative estimate of drug-likeness (QED) is 0.689. The van der Waals surface area contributed by atoms with Crippen LogP contribution in [0.4, 0.5) is 11.5 Å². The summed E-state index contributed by atoms with van der Waals surface area (Å²) >= 11 is 6.07. The molecule has 0 fully saturated rings. The van der Waals surface area contributed by atoms with Gasteiger partial charge in [-0.1, -0.05) is 11.6 Å². The highest BCUT2D eigenvalue weighted by molar-refractivity contribution is 6.32. The molecule has 104 valence electrons. The third-order valence-electron chi connectivity index (χ3n) is 2.71. The van der Waals surface area contributed by atoms with Gasteiger partial charge in [-0.2, -0.15) is 4.98 Å². The van der Waals surface area contributed by atoms with Crippen molar-refractivity contribution in [1.82, 2.24) is 4.98 Å². The van der Waals surface area contributed by atoms with Crippen LogP contribution in [0.2, 0.25) is 5.02 Å². The van der Waals surface area contributed by atoms with Crippen LogP contribution < -0.4 is 10.5 Å². The van der Waals surface area contributed by atoms with Gasteiger partial charge in [0.05, 0.1) is 4.92 Å². The molecule has 2 aromatic rings. The second-order valence-electron chi connectivity index (χ2n) is 4.28. The molecule has 0 bridgehead atoms. The highest BCUT2D eigenvalue weighted by Crippen LogP contribution is 2.30. The summed E-state index contributed by atoms with van der Waals surface area (Å²) in [6.07, 6.45) is 0. The number of aromatic nitrogens is 1. The number of ether oxygens (including phenoxy) is 1. The average Bonchev–Trinajstić information content (AvgIpc) is 2.35. The summed E-state index contributed by atoms with van der Waals surface area (Å²) in [5, 5.41) is 11.3. The van der Waals surface area contributed by atoms with Gasteiger partial charge in [0, 0.05) is 17.2 Å². The first kappa shape index (κ1) is 14.1. The number of halogens is 1. The molecule has 0 saturated heterocycles. The van der Waals surface area contributed by atoms with E-state index in [1.54, 1.807) is 12.1 Å². The zero-order chi connectivity index (χ0) is 14.9. The van der Waals surface area contributed by atoms with Gasteiger partial charge >= 0.3 is 5.69 Å². The Hall–Kier alpha value is -2.34. The molecule has 1 heterocycles. The lowest BCUT2D eigenvalue weighted by molar-refractivity contribution is -0.384. The molecule has 0 spiro atoms. The summed E-state index contributed by atoms with van der Waals surface area (Å²) < 4.78 is 5.54. The lowest BCUT2D eigenvalue weighted by Gasteiger charge is -2.09. The van der Waals surface area contributed by atoms with Crippen LogP contribution in [-0.4, -0.2) is 9.91 Å². The lowest BCUT2D eigenvalue weighted by atomic mass is 10.1. The molecule has 0 aliphatic carbocycles. The summed E-state index contributed by atoms with van der Waals surface area (Å²) in [7, 11) is 0. The Balaban J connectivity index is 2.31. The third-order valence-corrected chi connectivity index (χ3v) is 3.30. The van der Waals surface area contributed by atoms with E-state index in [2.05, 4.69) is 4.98 Å². The maximum atomic E-state index is 10.6. The van der Waals surface area contributed by atoms with Crippen molar-refractivity contribution in [2.75, 3.05) is 5.73 Å². The third kappa shape index (κ3) is 2.80. The van der Waals surface area contributed by atoms with Crippen LogP contribution in [-0.2, 0) is 0 Å². The molecular formula is C13H12ClN3O3. The molecule has 7 heteroatoms. The fraction of sp³-hybridized carbons (Fsp3) is 0.154. The van der Waals surface area contributed by atoms with E-state index in [0.717, 1.165) is 11.1 Å². The molecule has 2 rings (SSSR count). The van der Waals surface area contributed by atoms with Crippen LogP contribution in [0.15, 0.2) is 24.3 Å². The molecular weight excluding hydrogens is 282 g/mol. The molecule has 6 nitrogen and oxygen atoms in total.